The average Bonchev–Trinajstić information content (AvgIpc) is 2.75. The van der Waals surface area contributed by atoms with Gasteiger partial charge in [-0.2, -0.15) is 0 Å². The van der Waals surface area contributed by atoms with Crippen LogP contribution in [0.15, 0.2) is 48.5 Å². The number of amides is 1. The maximum Gasteiger partial charge on any atom is 0.258 e. The van der Waals surface area contributed by atoms with E-state index in [-0.39, 0.29) is 18.6 Å². The summed E-state index contributed by atoms with van der Waals surface area (Å²) in [6.45, 7) is 6.64. The summed E-state index contributed by atoms with van der Waals surface area (Å²) in [7, 11) is 6.24. The maximum absolute atomic E-state index is 12.5. The molecule has 0 aromatic heterocycles. The first-order valence-corrected chi connectivity index (χ1v) is 10.6. The molecule has 0 saturated carbocycles. The molecule has 6 nitrogen and oxygen atoms in total. The van der Waals surface area contributed by atoms with E-state index in [0.717, 1.165) is 37.5 Å². The number of nitrogens with zero attached hydrogens (tertiary/aromatic N) is 3. The minimum atomic E-state index is -0.0951. The molecule has 1 aliphatic heterocycles. The normalized spacial score (nSPS) is 16.1. The molecule has 6 heteroatoms. The van der Waals surface area contributed by atoms with Gasteiger partial charge >= 0.3 is 0 Å². The van der Waals surface area contributed by atoms with E-state index < -0.39 is 0 Å². The van der Waals surface area contributed by atoms with Crippen LogP contribution in [0.25, 0.3) is 0 Å². The summed E-state index contributed by atoms with van der Waals surface area (Å²) in [5, 5.41) is 3.09. The van der Waals surface area contributed by atoms with Crippen molar-refractivity contribution in [3.63, 3.8) is 0 Å². The van der Waals surface area contributed by atoms with E-state index in [1.54, 1.807) is 0 Å². The molecule has 0 radical (unpaired) electrons. The Morgan fingerprint density at radius 1 is 1.07 bits per heavy atom. The average molecular weight is 411 g/mol. The van der Waals surface area contributed by atoms with Gasteiger partial charge in [0.1, 0.15) is 5.75 Å². The number of hydrogen-bond donors (Lipinski definition) is 1. The summed E-state index contributed by atoms with van der Waals surface area (Å²) in [5.41, 5.74) is 3.43. The van der Waals surface area contributed by atoms with Crippen molar-refractivity contribution in [2.45, 2.75) is 13.0 Å². The highest BCUT2D eigenvalue weighted by molar-refractivity contribution is 5.77. The van der Waals surface area contributed by atoms with Crippen LogP contribution in [0.4, 0.5) is 5.69 Å². The van der Waals surface area contributed by atoms with Crippen molar-refractivity contribution in [2.24, 2.45) is 0 Å². The molecule has 2 aromatic carbocycles. The lowest BCUT2D eigenvalue weighted by Crippen LogP contribution is -2.48. The molecule has 1 unspecified atom stereocenters. The van der Waals surface area contributed by atoms with Crippen LogP contribution in [0.3, 0.4) is 0 Å². The Morgan fingerprint density at radius 2 is 1.73 bits per heavy atom. The van der Waals surface area contributed by atoms with Gasteiger partial charge in [0.2, 0.25) is 0 Å². The summed E-state index contributed by atoms with van der Waals surface area (Å²) in [6.07, 6.45) is 0. The maximum atomic E-state index is 12.5. The molecule has 1 N–H and O–H groups in total. The van der Waals surface area contributed by atoms with E-state index in [1.807, 2.05) is 45.3 Å². The van der Waals surface area contributed by atoms with Crippen molar-refractivity contribution in [2.75, 3.05) is 65.4 Å². The molecule has 3 rings (SSSR count). The van der Waals surface area contributed by atoms with Gasteiger partial charge in [-0.15, -0.1) is 0 Å². The molecular weight excluding hydrogens is 376 g/mol. The predicted octanol–water partition coefficient (Wildman–Crippen LogP) is 2.54. The van der Waals surface area contributed by atoms with Crippen LogP contribution in [0, 0.1) is 6.92 Å². The van der Waals surface area contributed by atoms with Crippen molar-refractivity contribution in [3.8, 4) is 5.75 Å². The van der Waals surface area contributed by atoms with E-state index >= 15 is 0 Å². The van der Waals surface area contributed by atoms with Crippen molar-refractivity contribution in [1.29, 1.82) is 0 Å². The zero-order valence-electron chi connectivity index (χ0n) is 18.6. The molecule has 2 aromatic rings. The largest absolute Gasteiger partial charge is 0.484 e. The third-order valence-electron chi connectivity index (χ3n) is 5.72. The second-order valence-corrected chi connectivity index (χ2v) is 8.20. The molecule has 30 heavy (non-hydrogen) atoms. The first-order valence-electron chi connectivity index (χ1n) is 10.6. The van der Waals surface area contributed by atoms with Crippen LogP contribution in [0.5, 0.6) is 5.75 Å². The molecule has 1 aliphatic rings. The van der Waals surface area contributed by atoms with E-state index in [9.17, 15) is 4.79 Å². The third-order valence-corrected chi connectivity index (χ3v) is 5.72. The van der Waals surface area contributed by atoms with Gasteiger partial charge in [-0.1, -0.05) is 30.3 Å². The van der Waals surface area contributed by atoms with Crippen molar-refractivity contribution in [3.05, 3.63) is 59.7 Å². The zero-order chi connectivity index (χ0) is 21.5. The summed E-state index contributed by atoms with van der Waals surface area (Å²) in [4.78, 5) is 19.4. The van der Waals surface area contributed by atoms with Gasteiger partial charge in [-0.3, -0.25) is 9.69 Å². The number of aryl methyl sites for hydroxylation is 1. The molecule has 0 bridgehead atoms. The smallest absolute Gasteiger partial charge is 0.258 e. The number of likely N-dealkylation sites (N-methyl/N-ethyl adjacent to an activating group) is 1. The van der Waals surface area contributed by atoms with Gasteiger partial charge in [0.15, 0.2) is 6.61 Å². The number of hydrogen-bond acceptors (Lipinski definition) is 5. The molecule has 1 fully saturated rings. The van der Waals surface area contributed by atoms with Crippen LogP contribution in [0.1, 0.15) is 17.2 Å². The molecule has 0 spiro atoms. The van der Waals surface area contributed by atoms with Gasteiger partial charge in [-0.25, -0.2) is 0 Å². The third kappa shape index (κ3) is 5.97. The van der Waals surface area contributed by atoms with E-state index in [0.29, 0.717) is 6.54 Å². The number of benzene rings is 2. The van der Waals surface area contributed by atoms with E-state index in [2.05, 4.69) is 51.3 Å². The number of carbonyl (C=O) groups excluding carboxylic acids is 1. The minimum Gasteiger partial charge on any atom is -0.484 e. The van der Waals surface area contributed by atoms with Crippen molar-refractivity contribution >= 4 is 11.6 Å². The Labute approximate surface area is 180 Å². The predicted molar refractivity (Wildman–Crippen MR) is 122 cm³/mol. The highest BCUT2D eigenvalue weighted by Gasteiger charge is 2.24. The van der Waals surface area contributed by atoms with E-state index in [1.165, 1.54) is 11.3 Å². The SMILES string of the molecule is Cc1ccccc1OCC(=O)NCC(c1ccc(N(C)C)cc1)N1CCN(C)CC1. The molecule has 0 aliphatic carbocycles. The van der Waals surface area contributed by atoms with Gasteiger partial charge in [0.05, 0.1) is 6.04 Å². The molecule has 1 atom stereocenters. The number of rotatable bonds is 8. The number of para-hydroxylation sites is 1. The van der Waals surface area contributed by atoms with Crippen LogP contribution < -0.4 is 15.0 Å². The topological polar surface area (TPSA) is 48.1 Å². The first-order chi connectivity index (χ1) is 14.4. The fourth-order valence-electron chi connectivity index (χ4n) is 3.71. The Morgan fingerprint density at radius 3 is 2.37 bits per heavy atom. The van der Waals surface area contributed by atoms with Gasteiger partial charge < -0.3 is 19.9 Å². The lowest BCUT2D eigenvalue weighted by Gasteiger charge is -2.38. The quantitative estimate of drug-likeness (QED) is 0.725. The fourth-order valence-corrected chi connectivity index (χ4v) is 3.71. The highest BCUT2D eigenvalue weighted by Crippen LogP contribution is 2.24. The number of piperazine rings is 1. The van der Waals surface area contributed by atoms with Crippen LogP contribution in [-0.2, 0) is 4.79 Å². The molecule has 1 amide bonds. The standard InChI is InChI=1S/C24H34N4O2/c1-19-7-5-6-8-23(19)30-18-24(29)25-17-22(28-15-13-27(4)14-16-28)20-9-11-21(12-10-20)26(2)3/h5-12,22H,13-18H2,1-4H3,(H,25,29). The Kier molecular flexibility index (Phi) is 7.71. The van der Waals surface area contributed by atoms with Crippen molar-refractivity contribution in [1.82, 2.24) is 15.1 Å². The summed E-state index contributed by atoms with van der Waals surface area (Å²) in [5.74, 6) is 0.657. The van der Waals surface area contributed by atoms with Crippen LogP contribution in [-0.4, -0.2) is 76.2 Å². The van der Waals surface area contributed by atoms with Crippen molar-refractivity contribution < 1.29 is 9.53 Å². The summed E-state index contributed by atoms with van der Waals surface area (Å²) < 4.78 is 5.70. The van der Waals surface area contributed by atoms with Crippen LogP contribution >= 0.6 is 0 Å². The molecule has 1 saturated heterocycles. The fraction of sp³-hybridized carbons (Fsp3) is 0.458. The van der Waals surface area contributed by atoms with Gasteiger partial charge in [0.25, 0.3) is 5.91 Å². The van der Waals surface area contributed by atoms with Crippen LogP contribution in [0.2, 0.25) is 0 Å². The lowest BCUT2D eigenvalue weighted by molar-refractivity contribution is -0.123. The summed E-state index contributed by atoms with van der Waals surface area (Å²) in [6, 6.07) is 16.5. The number of ether oxygens (including phenoxy) is 1. The first kappa shape index (κ1) is 22.1. The Bertz CT molecular complexity index is 814. The molecular formula is C24H34N4O2. The summed E-state index contributed by atoms with van der Waals surface area (Å²) >= 11 is 0. The second-order valence-electron chi connectivity index (χ2n) is 8.20. The molecule has 1 heterocycles. The van der Waals surface area contributed by atoms with Gasteiger partial charge in [0, 0.05) is 52.5 Å². The zero-order valence-corrected chi connectivity index (χ0v) is 18.6. The monoisotopic (exact) mass is 410 g/mol. The number of carbonyl (C=O) groups is 1. The molecule has 162 valence electrons. The second kappa shape index (κ2) is 10.5. The number of anilines is 1. The van der Waals surface area contributed by atoms with Gasteiger partial charge in [-0.05, 0) is 43.3 Å². The Balaban J connectivity index is 1.63. The lowest BCUT2D eigenvalue weighted by atomic mass is 10.0. The minimum absolute atomic E-state index is 0.0277. The van der Waals surface area contributed by atoms with E-state index in [4.69, 9.17) is 4.74 Å². The number of nitrogens with one attached hydrogen (secondary N) is 1. The Hall–Kier alpha value is -2.57. The highest BCUT2D eigenvalue weighted by atomic mass is 16.5.